The summed E-state index contributed by atoms with van der Waals surface area (Å²) >= 11 is 0. The summed E-state index contributed by atoms with van der Waals surface area (Å²) in [4.78, 5) is 2.90. The fourth-order valence-corrected chi connectivity index (χ4v) is 6.80. The normalized spacial score (nSPS) is 30.6. The van der Waals surface area contributed by atoms with E-state index in [4.69, 9.17) is 0 Å². The lowest BCUT2D eigenvalue weighted by Gasteiger charge is -2.44. The maximum Gasteiger partial charge on any atom is 0.230 e. The molecule has 2 saturated carbocycles. The first-order chi connectivity index (χ1) is 13.0. The Morgan fingerprint density at radius 2 is 1.67 bits per heavy atom. The molecule has 0 radical (unpaired) electrons. The molecule has 27 heavy (non-hydrogen) atoms. The average Bonchev–Trinajstić information content (AvgIpc) is 3.28. The van der Waals surface area contributed by atoms with Crippen LogP contribution >= 0.6 is 0 Å². The maximum atomic E-state index is 3.93. The van der Waals surface area contributed by atoms with Crippen LogP contribution in [0.5, 0.6) is 0 Å². The van der Waals surface area contributed by atoms with Gasteiger partial charge in [0.05, 0.1) is 0 Å². The molecule has 0 aromatic heterocycles. The van der Waals surface area contributed by atoms with E-state index in [9.17, 15) is 0 Å². The van der Waals surface area contributed by atoms with Gasteiger partial charge in [0.25, 0.3) is 0 Å². The van der Waals surface area contributed by atoms with Crippen LogP contribution in [0, 0.1) is 17.8 Å². The molecule has 2 heteroatoms. The molecule has 0 aromatic carbocycles. The third-order valence-electron chi connectivity index (χ3n) is 7.68. The molecular formula is C25H42BN. The molecule has 4 unspecified atom stereocenters. The Hall–Kier alpha value is -0.755. The van der Waals surface area contributed by atoms with Gasteiger partial charge in [0.1, 0.15) is 0 Å². The molecule has 3 aliphatic carbocycles. The molecule has 3 rings (SSSR count). The molecule has 0 N–H and O–H groups in total. The predicted octanol–water partition coefficient (Wildman–Crippen LogP) is 7.15. The van der Waals surface area contributed by atoms with Crippen molar-refractivity contribution in [3.05, 3.63) is 37.0 Å². The Kier molecular flexibility index (Phi) is 7.48. The van der Waals surface area contributed by atoms with Crippen LogP contribution in [0.15, 0.2) is 37.0 Å². The van der Waals surface area contributed by atoms with Crippen molar-refractivity contribution in [1.82, 2.24) is 4.81 Å². The molecule has 0 amide bonds. The lowest BCUT2D eigenvalue weighted by Crippen LogP contribution is -2.53. The van der Waals surface area contributed by atoms with Crippen LogP contribution in [0.2, 0.25) is 11.6 Å². The zero-order chi connectivity index (χ0) is 19.4. The Morgan fingerprint density at radius 1 is 1.04 bits per heavy atom. The van der Waals surface area contributed by atoms with Crippen LogP contribution in [0.3, 0.4) is 0 Å². The number of hydrogen-bond acceptors (Lipinski definition) is 1. The Labute approximate surface area is 169 Å². The molecule has 0 heterocycles. The minimum Gasteiger partial charge on any atom is -0.337 e. The third-order valence-corrected chi connectivity index (χ3v) is 7.68. The molecule has 150 valence electrons. The van der Waals surface area contributed by atoms with Crippen LogP contribution in [0.4, 0.5) is 0 Å². The Morgan fingerprint density at radius 3 is 2.26 bits per heavy atom. The van der Waals surface area contributed by atoms with E-state index >= 15 is 0 Å². The second kappa shape index (κ2) is 9.63. The second-order valence-electron chi connectivity index (χ2n) is 9.97. The van der Waals surface area contributed by atoms with E-state index in [1.54, 1.807) is 0 Å². The standard InChI is InChI=1S/C25H42BN/c1-6-7-8-13-21-18-25(24-17-12-11-16-23(21)24)26(22-14-9-10-15-22)27(19(2)3)20(4)5/h6,11-12,16-17,19-25H,1,7-10,13-15,18H2,2-5H3. The molecule has 0 aliphatic heterocycles. The summed E-state index contributed by atoms with van der Waals surface area (Å²) in [7, 11) is 0. The maximum absolute atomic E-state index is 3.93. The highest BCUT2D eigenvalue weighted by molar-refractivity contribution is 6.59. The number of allylic oxidation sites excluding steroid dienone is 5. The monoisotopic (exact) mass is 367 g/mol. The Bertz CT molecular complexity index is 520. The minimum atomic E-state index is 0.636. The molecule has 0 saturated heterocycles. The Balaban J connectivity index is 1.86. The molecule has 3 aliphatic rings. The van der Waals surface area contributed by atoms with Gasteiger partial charge in [0.2, 0.25) is 6.85 Å². The van der Waals surface area contributed by atoms with Gasteiger partial charge in [-0.25, -0.2) is 0 Å². The first kappa shape index (κ1) is 21.0. The van der Waals surface area contributed by atoms with Gasteiger partial charge in [-0.15, -0.1) is 6.58 Å². The van der Waals surface area contributed by atoms with E-state index in [0.717, 1.165) is 36.2 Å². The summed E-state index contributed by atoms with van der Waals surface area (Å²) in [5, 5.41) is 0. The van der Waals surface area contributed by atoms with Crippen molar-refractivity contribution in [3.8, 4) is 0 Å². The SMILES string of the molecule is C=CCCCC1CC(B(C2CCCC2)N(C(C)C)C(C)C)C2C=CC=CC12. The number of rotatable bonds is 9. The van der Waals surface area contributed by atoms with Gasteiger partial charge in [-0.05, 0) is 60.7 Å². The highest BCUT2D eigenvalue weighted by atomic mass is 15.1. The van der Waals surface area contributed by atoms with E-state index < -0.39 is 0 Å². The van der Waals surface area contributed by atoms with Crippen molar-refractivity contribution in [2.45, 2.75) is 103 Å². The van der Waals surface area contributed by atoms with Gasteiger partial charge in [0.15, 0.2) is 0 Å². The topological polar surface area (TPSA) is 3.24 Å². The van der Waals surface area contributed by atoms with Gasteiger partial charge in [0, 0.05) is 0 Å². The van der Waals surface area contributed by atoms with E-state index in [-0.39, 0.29) is 0 Å². The smallest absolute Gasteiger partial charge is 0.230 e. The number of unbranched alkanes of at least 4 members (excludes halogenated alkanes) is 1. The quantitative estimate of drug-likeness (QED) is 0.238. The van der Waals surface area contributed by atoms with Gasteiger partial charge in [-0.3, -0.25) is 0 Å². The second-order valence-corrected chi connectivity index (χ2v) is 9.97. The van der Waals surface area contributed by atoms with Crippen LogP contribution in [0.25, 0.3) is 0 Å². The summed E-state index contributed by atoms with van der Waals surface area (Å²) < 4.78 is 0. The van der Waals surface area contributed by atoms with Crippen molar-refractivity contribution >= 4 is 6.85 Å². The van der Waals surface area contributed by atoms with E-state index in [0.29, 0.717) is 12.1 Å². The number of nitrogens with zero attached hydrogens (tertiary/aromatic N) is 1. The molecule has 0 aromatic rings. The van der Waals surface area contributed by atoms with Crippen molar-refractivity contribution in [3.63, 3.8) is 0 Å². The highest BCUT2D eigenvalue weighted by Gasteiger charge is 2.50. The molecule has 0 bridgehead atoms. The first-order valence-corrected chi connectivity index (χ1v) is 11.8. The minimum absolute atomic E-state index is 0.636. The zero-order valence-corrected chi connectivity index (χ0v) is 18.3. The number of fused-ring (bicyclic) bond motifs is 1. The predicted molar refractivity (Wildman–Crippen MR) is 121 cm³/mol. The van der Waals surface area contributed by atoms with Gasteiger partial charge < -0.3 is 4.81 Å². The summed E-state index contributed by atoms with van der Waals surface area (Å²) in [6.45, 7) is 14.4. The van der Waals surface area contributed by atoms with Crippen molar-refractivity contribution in [2.75, 3.05) is 0 Å². The summed E-state index contributed by atoms with van der Waals surface area (Å²) in [6, 6.07) is 1.27. The summed E-state index contributed by atoms with van der Waals surface area (Å²) in [5.74, 6) is 4.14. The van der Waals surface area contributed by atoms with Crippen molar-refractivity contribution in [2.24, 2.45) is 17.8 Å². The lowest BCUT2D eigenvalue weighted by atomic mass is 9.38. The van der Waals surface area contributed by atoms with E-state index in [1.165, 1.54) is 51.4 Å². The van der Waals surface area contributed by atoms with Crippen molar-refractivity contribution < 1.29 is 0 Å². The number of hydrogen-bond donors (Lipinski definition) is 0. The molecular weight excluding hydrogens is 325 g/mol. The average molecular weight is 367 g/mol. The molecule has 0 spiro atoms. The van der Waals surface area contributed by atoms with Crippen molar-refractivity contribution in [1.29, 1.82) is 0 Å². The summed E-state index contributed by atoms with van der Waals surface area (Å²) in [6.07, 6.45) is 23.0. The molecule has 4 atom stereocenters. The third kappa shape index (κ3) is 4.64. The van der Waals surface area contributed by atoms with Crippen LogP contribution in [0.1, 0.15) is 79.1 Å². The van der Waals surface area contributed by atoms with Crippen LogP contribution in [-0.4, -0.2) is 23.7 Å². The van der Waals surface area contributed by atoms with Gasteiger partial charge in [-0.1, -0.05) is 90.2 Å². The van der Waals surface area contributed by atoms with Crippen LogP contribution < -0.4 is 0 Å². The zero-order valence-electron chi connectivity index (χ0n) is 18.3. The molecule has 1 nitrogen and oxygen atoms in total. The van der Waals surface area contributed by atoms with Crippen LogP contribution in [-0.2, 0) is 0 Å². The summed E-state index contributed by atoms with van der Waals surface area (Å²) in [5.41, 5.74) is 0. The molecule has 2 fully saturated rings. The fraction of sp³-hybridized carbons (Fsp3) is 0.760. The van der Waals surface area contributed by atoms with E-state index in [2.05, 4.69) is 69.5 Å². The van der Waals surface area contributed by atoms with Gasteiger partial charge in [-0.2, -0.15) is 0 Å². The first-order valence-electron chi connectivity index (χ1n) is 11.8. The largest absolute Gasteiger partial charge is 0.337 e. The lowest BCUT2D eigenvalue weighted by molar-refractivity contribution is 0.287. The fourth-order valence-electron chi connectivity index (χ4n) is 6.80. The highest BCUT2D eigenvalue weighted by Crippen LogP contribution is 2.55. The van der Waals surface area contributed by atoms with Gasteiger partial charge >= 0.3 is 0 Å². The van der Waals surface area contributed by atoms with E-state index in [1.807, 2.05) is 0 Å².